The number of hydrogen-bond donors (Lipinski definition) is 2. The quantitative estimate of drug-likeness (QED) is 0.0664. The molecule has 10 aromatic carbocycles. The molecular formula is C85H92F2N2O4Si2. The van der Waals surface area contributed by atoms with E-state index in [1.165, 1.54) is 45.0 Å². The van der Waals surface area contributed by atoms with Crippen LogP contribution in [0.1, 0.15) is 111 Å². The third-order valence-electron chi connectivity index (χ3n) is 19.7. The van der Waals surface area contributed by atoms with Crippen LogP contribution in [0.4, 0.5) is 8.78 Å². The second-order valence-electron chi connectivity index (χ2n) is 31.5. The Kier molecular flexibility index (Phi) is 17.3. The topological polar surface area (TPSA) is 68.8 Å². The first kappa shape index (κ1) is 66.3. The van der Waals surface area contributed by atoms with E-state index in [0.717, 1.165) is 78.7 Å². The van der Waals surface area contributed by atoms with Gasteiger partial charge in [0.15, 0.2) is 0 Å². The van der Waals surface area contributed by atoms with E-state index < -0.39 is 27.8 Å². The van der Waals surface area contributed by atoms with Gasteiger partial charge in [0, 0.05) is 50.2 Å². The van der Waals surface area contributed by atoms with E-state index >= 15 is 8.78 Å². The van der Waals surface area contributed by atoms with Crippen LogP contribution in [0.3, 0.4) is 0 Å². The number of hydrogen-bond acceptors (Lipinski definition) is 4. The highest BCUT2D eigenvalue weighted by molar-refractivity contribution is 7.01. The Morgan fingerprint density at radius 2 is 0.726 bits per heavy atom. The lowest BCUT2D eigenvalue weighted by Crippen LogP contribution is -2.52. The Hall–Kier alpha value is -8.71. The fraction of sp³-hybridized carbons (Fsp3) is 0.294. The molecule has 0 fully saturated rings. The molecule has 488 valence electrons. The maximum Gasteiger partial charge on any atom is 0.147 e. The van der Waals surface area contributed by atoms with Crippen molar-refractivity contribution in [3.05, 3.63) is 228 Å². The number of rotatable bonds is 18. The molecule has 0 amide bonds. The zero-order chi connectivity index (χ0) is 67.9. The summed E-state index contributed by atoms with van der Waals surface area (Å²) in [6, 6.07) is 65.6. The number of ether oxygens (including phenoxy) is 2. The maximum absolute atomic E-state index is 16.1. The SMILES string of the molecule is Cc1ccc2c3ccc([Si](C)(C)c4ccccc4)cc3n(-c3cc(C(C)(C)CC(C)(C)C)cc(-c4cc(F)ccc4OCCCOc4ccc(F)cc4-c4cc(C(C)(C)CC(C)(C)C)cc(-n5c6cc(C)ccc6c6ccc([Si](C)(C)c7ccccc7)cc65)c4O)c3O)c2c1. The molecule has 0 aliphatic carbocycles. The van der Waals surface area contributed by atoms with Crippen molar-refractivity contribution >= 4 is 80.5 Å². The van der Waals surface area contributed by atoms with Crippen LogP contribution in [-0.2, 0) is 10.8 Å². The second-order valence-corrected chi connectivity index (χ2v) is 40.3. The van der Waals surface area contributed by atoms with E-state index in [2.05, 4.69) is 264 Å². The number of aromatic nitrogens is 2. The largest absolute Gasteiger partial charge is 0.505 e. The number of phenols is 2. The van der Waals surface area contributed by atoms with E-state index in [1.807, 2.05) is 12.1 Å². The first-order valence-electron chi connectivity index (χ1n) is 33.6. The first-order valence-corrected chi connectivity index (χ1v) is 39.6. The lowest BCUT2D eigenvalue weighted by Gasteiger charge is -2.34. The number of phenolic OH excluding ortho intramolecular Hbond substituents is 2. The van der Waals surface area contributed by atoms with Crippen molar-refractivity contribution in [3.63, 3.8) is 0 Å². The summed E-state index contributed by atoms with van der Waals surface area (Å²) in [7, 11) is -4.41. The summed E-state index contributed by atoms with van der Waals surface area (Å²) in [4.78, 5) is 0. The number of aromatic hydroxyl groups is 2. The molecule has 0 aliphatic rings. The van der Waals surface area contributed by atoms with Gasteiger partial charge in [0.25, 0.3) is 0 Å². The fourth-order valence-electron chi connectivity index (χ4n) is 15.3. The minimum absolute atomic E-state index is 0.0113. The van der Waals surface area contributed by atoms with E-state index in [9.17, 15) is 10.2 Å². The molecule has 0 saturated carbocycles. The van der Waals surface area contributed by atoms with Crippen molar-refractivity contribution in [1.82, 2.24) is 9.13 Å². The fourth-order valence-corrected chi connectivity index (χ4v) is 20.0. The molecule has 10 heteroatoms. The Bertz CT molecular complexity index is 4600. The summed E-state index contributed by atoms with van der Waals surface area (Å²) in [5, 5.41) is 35.8. The molecule has 0 saturated heterocycles. The van der Waals surface area contributed by atoms with Gasteiger partial charge < -0.3 is 28.8 Å². The molecule has 0 spiro atoms. The highest BCUT2D eigenvalue weighted by atomic mass is 28.3. The minimum Gasteiger partial charge on any atom is -0.505 e. The Morgan fingerprint density at radius 1 is 0.379 bits per heavy atom. The smallest absolute Gasteiger partial charge is 0.147 e. The van der Waals surface area contributed by atoms with Gasteiger partial charge >= 0.3 is 0 Å². The molecule has 0 unspecified atom stereocenters. The summed E-state index contributed by atoms with van der Waals surface area (Å²) in [6.07, 6.45) is 2.05. The molecule has 0 radical (unpaired) electrons. The van der Waals surface area contributed by atoms with Crippen LogP contribution in [0.15, 0.2) is 194 Å². The van der Waals surface area contributed by atoms with Crippen molar-refractivity contribution in [1.29, 1.82) is 0 Å². The van der Waals surface area contributed by atoms with Crippen molar-refractivity contribution in [2.24, 2.45) is 10.8 Å². The molecule has 0 bridgehead atoms. The van der Waals surface area contributed by atoms with Gasteiger partial charge in [-0.15, -0.1) is 0 Å². The van der Waals surface area contributed by atoms with Crippen LogP contribution in [0.5, 0.6) is 23.0 Å². The number of aryl methyl sites for hydroxylation is 2. The van der Waals surface area contributed by atoms with Gasteiger partial charge in [-0.25, -0.2) is 8.78 Å². The molecule has 6 nitrogen and oxygen atoms in total. The van der Waals surface area contributed by atoms with Gasteiger partial charge in [-0.1, -0.05) is 225 Å². The van der Waals surface area contributed by atoms with Crippen molar-refractivity contribution < 1.29 is 28.5 Å². The van der Waals surface area contributed by atoms with Gasteiger partial charge in [0.05, 0.1) is 46.7 Å². The van der Waals surface area contributed by atoms with Crippen molar-refractivity contribution in [3.8, 4) is 56.6 Å². The Labute approximate surface area is 562 Å². The lowest BCUT2D eigenvalue weighted by atomic mass is 9.71. The monoisotopic (exact) mass is 1300 g/mol. The average Bonchev–Trinajstić information content (AvgIpc) is 1.61. The summed E-state index contributed by atoms with van der Waals surface area (Å²) in [5.41, 5.74) is 10.2. The number of halogens is 2. The van der Waals surface area contributed by atoms with Crippen molar-refractivity contribution in [2.45, 2.75) is 139 Å². The molecule has 0 aliphatic heterocycles. The highest BCUT2D eigenvalue weighted by Gasteiger charge is 2.35. The summed E-state index contributed by atoms with van der Waals surface area (Å²) in [5.74, 6) is -0.0953. The molecule has 95 heavy (non-hydrogen) atoms. The van der Waals surface area contributed by atoms with Gasteiger partial charge in [-0.05, 0) is 156 Å². The summed E-state index contributed by atoms with van der Waals surface area (Å²) in [6.45, 7) is 36.5. The first-order chi connectivity index (χ1) is 44.8. The molecule has 2 heterocycles. The standard InChI is InChI=1S/C85H92F2N2O4Si2/c1-54-28-34-64-66-36-32-62(94(13,14)60-24-19-17-20-25-60)50-74(66)88(72(64)42-54)76-46-56(84(9,10)52-82(3,4)5)44-70(80(76)90)68-48-58(86)30-38-78(68)92-40-23-41-93-79-39-31-59(87)49-69(79)71-45-57(85(11,12)53-83(6,7)8)47-77(81(71)91)89-73-43-55(2)29-35-65(73)67-37-33-63(51-75(67)89)95(15,16)61-26-21-18-22-27-61/h17-22,24-39,42-51,90-91H,23,40-41,52-53H2,1-16H3. The van der Waals surface area contributed by atoms with Crippen LogP contribution in [0.25, 0.3) is 77.2 Å². The minimum atomic E-state index is -2.20. The number of nitrogens with zero attached hydrogens (tertiary/aromatic N) is 2. The summed E-state index contributed by atoms with van der Waals surface area (Å²) < 4.78 is 49.9. The van der Waals surface area contributed by atoms with Crippen LogP contribution in [0.2, 0.25) is 26.2 Å². The predicted molar refractivity (Wildman–Crippen MR) is 401 cm³/mol. The maximum atomic E-state index is 16.1. The van der Waals surface area contributed by atoms with E-state index in [-0.39, 0.29) is 46.4 Å². The Balaban J connectivity index is 0.918. The molecule has 12 aromatic rings. The van der Waals surface area contributed by atoms with Crippen molar-refractivity contribution in [2.75, 3.05) is 13.2 Å². The summed E-state index contributed by atoms with van der Waals surface area (Å²) >= 11 is 0. The highest BCUT2D eigenvalue weighted by Crippen LogP contribution is 2.50. The van der Waals surface area contributed by atoms with E-state index in [1.54, 1.807) is 12.1 Å². The third kappa shape index (κ3) is 13.0. The zero-order valence-electron chi connectivity index (χ0n) is 58.4. The number of benzene rings is 10. The van der Waals surface area contributed by atoms with Gasteiger partial charge in [-0.2, -0.15) is 0 Å². The van der Waals surface area contributed by atoms with Gasteiger partial charge in [0.1, 0.15) is 50.8 Å². The second kappa shape index (κ2) is 24.8. The predicted octanol–water partition coefficient (Wildman–Crippen LogP) is 20.4. The third-order valence-corrected chi connectivity index (χ3v) is 26.8. The van der Waals surface area contributed by atoms with Crippen LogP contribution in [0, 0.1) is 36.3 Å². The molecule has 2 aromatic heterocycles. The van der Waals surface area contributed by atoms with E-state index in [0.29, 0.717) is 51.5 Å². The zero-order valence-corrected chi connectivity index (χ0v) is 60.4. The van der Waals surface area contributed by atoms with Gasteiger partial charge in [0.2, 0.25) is 0 Å². The Morgan fingerprint density at radius 3 is 1.08 bits per heavy atom. The average molecular weight is 1300 g/mol. The van der Waals surface area contributed by atoms with Gasteiger partial charge in [-0.3, -0.25) is 0 Å². The molecular weight excluding hydrogens is 1210 g/mol. The molecule has 2 N–H and O–H groups in total. The van der Waals surface area contributed by atoms with Crippen LogP contribution in [-0.4, -0.2) is 48.7 Å². The molecule has 0 atom stereocenters. The van der Waals surface area contributed by atoms with Crippen LogP contribution < -0.4 is 30.2 Å². The normalized spacial score (nSPS) is 12.8. The van der Waals surface area contributed by atoms with Crippen LogP contribution >= 0.6 is 0 Å². The lowest BCUT2D eigenvalue weighted by molar-refractivity contribution is 0.248. The molecule has 12 rings (SSSR count). The van der Waals surface area contributed by atoms with E-state index in [4.69, 9.17) is 9.47 Å². The number of fused-ring (bicyclic) bond motifs is 6.